The zero-order valence-electron chi connectivity index (χ0n) is 29.1. The number of hydrogen-bond donors (Lipinski definition) is 0. The highest BCUT2D eigenvalue weighted by Gasteiger charge is 2.60. The predicted molar refractivity (Wildman–Crippen MR) is 183 cm³/mol. The SMILES string of the molecule is Cc1ccnc2c1C1(CCN(c3cc4c(c(C(F)F)n3)CC(F)(F)C[C@H]3[C@H](N5CCN(C(=O)OCc6ccccc6)CC5)CN43)CC1)OC21COC1. The third-order valence-electron chi connectivity index (χ3n) is 12.1. The van der Waals surface area contributed by atoms with Gasteiger partial charge in [0.15, 0.2) is 5.60 Å². The number of anilines is 2. The number of piperidine rings is 1. The lowest BCUT2D eigenvalue weighted by Gasteiger charge is -2.55. The Balaban J connectivity index is 0.917. The summed E-state index contributed by atoms with van der Waals surface area (Å²) >= 11 is 0. The molecular weight excluding hydrogens is 680 g/mol. The first-order valence-corrected chi connectivity index (χ1v) is 18.2. The highest BCUT2D eigenvalue weighted by Crippen LogP contribution is 2.55. The number of amides is 1. The minimum absolute atomic E-state index is 0.0640. The average Bonchev–Trinajstić information content (AvgIpc) is 3.38. The Labute approximate surface area is 299 Å². The zero-order valence-corrected chi connectivity index (χ0v) is 29.1. The standard InChI is InChI=1S/C38H42F4N6O4/c1-24-7-10-43-33-31(24)36(52-37(33)22-50-23-37)8-11-46(12-9-36)30-17-27-26(32(44-30)34(39)40)18-38(41,42)19-28-29(20-48(27)28)45-13-15-47(16-14-45)35(49)51-21-25-5-3-2-4-6-25/h2-7,10,17,28-29,34H,8-9,11-16,18-23H2,1H3/t28-,29+/m0/s1. The minimum atomic E-state index is -3.18. The minimum Gasteiger partial charge on any atom is -0.445 e. The Hall–Kier alpha value is -4.01. The highest BCUT2D eigenvalue weighted by atomic mass is 19.3. The Morgan fingerprint density at radius 3 is 2.44 bits per heavy atom. The molecule has 0 bridgehead atoms. The van der Waals surface area contributed by atoms with Crippen LogP contribution in [0, 0.1) is 6.92 Å². The molecule has 4 saturated heterocycles. The number of ether oxygens (including phenoxy) is 3. The number of halogens is 4. The number of pyridine rings is 2. The van der Waals surface area contributed by atoms with Crippen LogP contribution in [0.25, 0.3) is 0 Å². The molecule has 4 fully saturated rings. The molecule has 10 nitrogen and oxygen atoms in total. The summed E-state index contributed by atoms with van der Waals surface area (Å²) in [7, 11) is 0. The maximum Gasteiger partial charge on any atom is 0.410 e. The van der Waals surface area contributed by atoms with Gasteiger partial charge >= 0.3 is 6.09 Å². The number of carbonyl (C=O) groups excluding carboxylic acids is 1. The van der Waals surface area contributed by atoms with E-state index in [0.717, 1.165) is 22.4 Å². The van der Waals surface area contributed by atoms with E-state index in [2.05, 4.69) is 16.8 Å². The van der Waals surface area contributed by atoms with Crippen LogP contribution in [0.1, 0.15) is 59.3 Å². The number of piperazine rings is 1. The van der Waals surface area contributed by atoms with E-state index in [1.165, 1.54) is 0 Å². The van der Waals surface area contributed by atoms with Crippen LogP contribution < -0.4 is 9.80 Å². The number of aryl methyl sites for hydroxylation is 1. The molecule has 276 valence electrons. The molecule has 2 spiro atoms. The van der Waals surface area contributed by atoms with Crippen molar-refractivity contribution in [2.45, 2.75) is 74.8 Å². The number of aromatic nitrogens is 2. The van der Waals surface area contributed by atoms with Gasteiger partial charge in [0.1, 0.15) is 23.7 Å². The van der Waals surface area contributed by atoms with E-state index in [9.17, 15) is 13.6 Å². The number of rotatable bonds is 5. The summed E-state index contributed by atoms with van der Waals surface area (Å²) in [6, 6.07) is 12.4. The van der Waals surface area contributed by atoms with Crippen LogP contribution in [0.3, 0.4) is 0 Å². The summed E-state index contributed by atoms with van der Waals surface area (Å²) < 4.78 is 78.5. The van der Waals surface area contributed by atoms with Crippen LogP contribution in [0.5, 0.6) is 0 Å². The smallest absolute Gasteiger partial charge is 0.410 e. The molecule has 52 heavy (non-hydrogen) atoms. The van der Waals surface area contributed by atoms with Crippen LogP contribution >= 0.6 is 0 Å². The Kier molecular flexibility index (Phi) is 8.16. The van der Waals surface area contributed by atoms with Gasteiger partial charge in [0.25, 0.3) is 12.3 Å². The van der Waals surface area contributed by atoms with Gasteiger partial charge in [-0.1, -0.05) is 30.3 Å². The first-order valence-electron chi connectivity index (χ1n) is 18.2. The Morgan fingerprint density at radius 1 is 1.00 bits per heavy atom. The Morgan fingerprint density at radius 2 is 1.75 bits per heavy atom. The summed E-state index contributed by atoms with van der Waals surface area (Å²) in [5.41, 5.74) is 2.71. The maximum atomic E-state index is 15.6. The number of nitrogens with zero attached hydrogens (tertiary/aromatic N) is 6. The molecule has 1 amide bonds. The molecule has 6 aliphatic rings. The van der Waals surface area contributed by atoms with Crippen LogP contribution in [0.15, 0.2) is 48.7 Å². The van der Waals surface area contributed by atoms with Crippen molar-refractivity contribution in [2.75, 3.05) is 68.8 Å². The monoisotopic (exact) mass is 722 g/mol. The van der Waals surface area contributed by atoms with E-state index < -0.39 is 54.2 Å². The van der Waals surface area contributed by atoms with E-state index in [1.54, 1.807) is 17.2 Å². The van der Waals surface area contributed by atoms with Crippen molar-refractivity contribution >= 4 is 17.6 Å². The van der Waals surface area contributed by atoms with Crippen molar-refractivity contribution in [1.82, 2.24) is 19.8 Å². The maximum absolute atomic E-state index is 15.6. The van der Waals surface area contributed by atoms with E-state index >= 15 is 8.78 Å². The van der Waals surface area contributed by atoms with Crippen molar-refractivity contribution in [3.8, 4) is 0 Å². The molecule has 1 aromatic carbocycles. The van der Waals surface area contributed by atoms with Crippen molar-refractivity contribution in [2.24, 2.45) is 0 Å². The first-order chi connectivity index (χ1) is 25.0. The lowest BCUT2D eigenvalue weighted by molar-refractivity contribution is -0.260. The third-order valence-corrected chi connectivity index (χ3v) is 12.1. The molecule has 0 radical (unpaired) electrons. The number of fused-ring (bicyclic) bond motifs is 6. The quantitative estimate of drug-likeness (QED) is 0.314. The first kappa shape index (κ1) is 33.8. The summed E-state index contributed by atoms with van der Waals surface area (Å²) in [5.74, 6) is -2.80. The fourth-order valence-electron chi connectivity index (χ4n) is 9.32. The summed E-state index contributed by atoms with van der Waals surface area (Å²) in [4.78, 5) is 29.5. The molecule has 14 heteroatoms. The van der Waals surface area contributed by atoms with Gasteiger partial charge < -0.3 is 28.9 Å². The largest absolute Gasteiger partial charge is 0.445 e. The van der Waals surface area contributed by atoms with Gasteiger partial charge in [0, 0.05) is 93.8 Å². The molecule has 8 heterocycles. The van der Waals surface area contributed by atoms with Crippen molar-refractivity contribution < 1.29 is 36.6 Å². The second-order valence-corrected chi connectivity index (χ2v) is 15.2. The summed E-state index contributed by atoms with van der Waals surface area (Å²) in [6.07, 6.45) is -1.60. The average molecular weight is 723 g/mol. The molecule has 0 saturated carbocycles. The van der Waals surface area contributed by atoms with Gasteiger partial charge in [-0.05, 0) is 37.0 Å². The second kappa shape index (κ2) is 12.6. The third kappa shape index (κ3) is 5.59. The highest BCUT2D eigenvalue weighted by molar-refractivity contribution is 5.68. The topological polar surface area (TPSA) is 83.5 Å². The predicted octanol–water partition coefficient (Wildman–Crippen LogP) is 5.57. The van der Waals surface area contributed by atoms with E-state index in [0.29, 0.717) is 83.4 Å². The molecule has 3 aromatic rings. The van der Waals surface area contributed by atoms with E-state index in [-0.39, 0.29) is 18.2 Å². The van der Waals surface area contributed by atoms with Crippen molar-refractivity contribution in [1.29, 1.82) is 0 Å². The number of alkyl halides is 4. The van der Waals surface area contributed by atoms with Gasteiger partial charge in [-0.2, -0.15) is 0 Å². The zero-order chi connectivity index (χ0) is 35.8. The fraction of sp³-hybridized carbons (Fsp3) is 0.553. The Bertz CT molecular complexity index is 1850. The second-order valence-electron chi connectivity index (χ2n) is 15.2. The number of carbonyl (C=O) groups is 1. The fourth-order valence-corrected chi connectivity index (χ4v) is 9.32. The summed E-state index contributed by atoms with van der Waals surface area (Å²) in [6.45, 7) is 6.44. The number of hydrogen-bond acceptors (Lipinski definition) is 9. The molecule has 6 aliphatic heterocycles. The molecule has 0 unspecified atom stereocenters. The lowest BCUT2D eigenvalue weighted by atomic mass is 9.81. The van der Waals surface area contributed by atoms with Gasteiger partial charge in [-0.15, -0.1) is 0 Å². The van der Waals surface area contributed by atoms with Gasteiger partial charge in [-0.25, -0.2) is 27.3 Å². The van der Waals surface area contributed by atoms with Gasteiger partial charge in [0.2, 0.25) is 0 Å². The van der Waals surface area contributed by atoms with Crippen LogP contribution in [-0.2, 0) is 38.4 Å². The van der Waals surface area contributed by atoms with Crippen LogP contribution in [0.2, 0.25) is 0 Å². The molecular formula is C38H42F4N6O4. The molecule has 2 aromatic heterocycles. The molecule has 0 aliphatic carbocycles. The molecule has 9 rings (SSSR count). The van der Waals surface area contributed by atoms with E-state index in [4.69, 9.17) is 19.2 Å². The molecule has 2 atom stereocenters. The normalized spacial score (nSPS) is 25.6. The van der Waals surface area contributed by atoms with Crippen LogP contribution in [-0.4, -0.2) is 103 Å². The lowest BCUT2D eigenvalue weighted by Crippen LogP contribution is -2.70. The van der Waals surface area contributed by atoms with E-state index in [1.807, 2.05) is 46.2 Å². The van der Waals surface area contributed by atoms with Crippen LogP contribution in [0.4, 0.5) is 33.9 Å². The van der Waals surface area contributed by atoms with Gasteiger partial charge in [0.05, 0.1) is 24.9 Å². The summed E-state index contributed by atoms with van der Waals surface area (Å²) in [5, 5.41) is 0. The number of benzene rings is 1. The molecule has 0 N–H and O–H groups in total. The van der Waals surface area contributed by atoms with Crippen molar-refractivity contribution in [3.05, 3.63) is 82.3 Å². The van der Waals surface area contributed by atoms with Crippen molar-refractivity contribution in [3.63, 3.8) is 0 Å². The van der Waals surface area contributed by atoms with Gasteiger partial charge in [-0.3, -0.25) is 9.88 Å².